The first kappa shape index (κ1) is 11.9. The van der Waals surface area contributed by atoms with Crippen LogP contribution in [-0.4, -0.2) is 23.6 Å². The van der Waals surface area contributed by atoms with E-state index in [2.05, 4.69) is 9.88 Å². The summed E-state index contributed by atoms with van der Waals surface area (Å²) in [7, 11) is 2.00. The van der Waals surface area contributed by atoms with Crippen LogP contribution in [0.4, 0.5) is 5.82 Å². The molecule has 82 valence electrons. The number of nitrogens with two attached hydrogens (primary N) is 1. The molecule has 1 aromatic heterocycles. The van der Waals surface area contributed by atoms with Crippen molar-refractivity contribution in [1.29, 1.82) is 0 Å². The predicted molar refractivity (Wildman–Crippen MR) is 68.2 cm³/mol. The minimum Gasteiger partial charge on any atom is -0.393 e. The molecule has 1 aromatic rings. The maximum absolute atomic E-state index is 5.58. The molecule has 2 N–H and O–H groups in total. The highest BCUT2D eigenvalue weighted by Crippen LogP contribution is 2.15. The Hall–Kier alpha value is -1.16. The van der Waals surface area contributed by atoms with Crippen molar-refractivity contribution >= 4 is 23.0 Å². The van der Waals surface area contributed by atoms with Gasteiger partial charge < -0.3 is 10.6 Å². The highest BCUT2D eigenvalue weighted by atomic mass is 32.1. The molecule has 15 heavy (non-hydrogen) atoms. The highest BCUT2D eigenvalue weighted by Gasteiger charge is 2.11. The van der Waals surface area contributed by atoms with Crippen LogP contribution in [0.15, 0.2) is 18.3 Å². The zero-order chi connectivity index (χ0) is 11.4. The van der Waals surface area contributed by atoms with E-state index in [0.29, 0.717) is 4.99 Å². The fraction of sp³-hybridized carbons (Fsp3) is 0.455. The fourth-order valence-corrected chi connectivity index (χ4v) is 1.54. The lowest BCUT2D eigenvalue weighted by Crippen LogP contribution is -2.32. The van der Waals surface area contributed by atoms with E-state index < -0.39 is 0 Å². The number of hydrogen-bond donors (Lipinski definition) is 1. The van der Waals surface area contributed by atoms with E-state index in [1.54, 1.807) is 6.20 Å². The van der Waals surface area contributed by atoms with Gasteiger partial charge in [-0.1, -0.05) is 25.2 Å². The summed E-state index contributed by atoms with van der Waals surface area (Å²) >= 11 is 4.95. The molecule has 0 spiro atoms. The van der Waals surface area contributed by atoms with Gasteiger partial charge in [-0.2, -0.15) is 0 Å². The van der Waals surface area contributed by atoms with Crippen molar-refractivity contribution in [3.05, 3.63) is 23.9 Å². The van der Waals surface area contributed by atoms with Crippen LogP contribution in [0.3, 0.4) is 0 Å². The molecule has 4 heteroatoms. The number of anilines is 1. The first-order chi connectivity index (χ1) is 7.02. The van der Waals surface area contributed by atoms with Crippen LogP contribution in [0.5, 0.6) is 0 Å². The van der Waals surface area contributed by atoms with Crippen molar-refractivity contribution in [2.75, 3.05) is 18.5 Å². The van der Waals surface area contributed by atoms with Crippen molar-refractivity contribution in [1.82, 2.24) is 4.98 Å². The van der Waals surface area contributed by atoms with Crippen molar-refractivity contribution in [3.8, 4) is 0 Å². The smallest absolute Gasteiger partial charge is 0.131 e. The van der Waals surface area contributed by atoms with Gasteiger partial charge in [-0.15, -0.1) is 0 Å². The summed E-state index contributed by atoms with van der Waals surface area (Å²) in [6, 6.07) is 3.98. The highest BCUT2D eigenvalue weighted by molar-refractivity contribution is 7.80. The summed E-state index contributed by atoms with van der Waals surface area (Å²) in [6.07, 6.45) is 1.80. The Labute approximate surface area is 96.3 Å². The molecule has 0 aliphatic carbocycles. The molecule has 0 saturated carbocycles. The molecule has 1 heterocycles. The van der Waals surface area contributed by atoms with E-state index in [1.807, 2.05) is 33.0 Å². The van der Waals surface area contributed by atoms with Gasteiger partial charge in [-0.25, -0.2) is 4.98 Å². The molecule has 0 bridgehead atoms. The molecular formula is C11H17N3S. The van der Waals surface area contributed by atoms with Gasteiger partial charge in [0.15, 0.2) is 0 Å². The summed E-state index contributed by atoms with van der Waals surface area (Å²) in [6.45, 7) is 4.87. The molecule has 0 fully saturated rings. The van der Waals surface area contributed by atoms with Gasteiger partial charge in [0.1, 0.15) is 5.82 Å². The van der Waals surface area contributed by atoms with Gasteiger partial charge in [0.2, 0.25) is 0 Å². The van der Waals surface area contributed by atoms with Crippen molar-refractivity contribution in [2.45, 2.75) is 13.8 Å². The lowest BCUT2D eigenvalue weighted by molar-refractivity contribution is 0.733. The minimum absolute atomic E-state index is 0.200. The van der Waals surface area contributed by atoms with Crippen LogP contribution in [0.2, 0.25) is 0 Å². The predicted octanol–water partition coefficient (Wildman–Crippen LogP) is 1.75. The lowest BCUT2D eigenvalue weighted by Gasteiger charge is -2.23. The Morgan fingerprint density at radius 3 is 2.87 bits per heavy atom. The molecule has 1 rings (SSSR count). The summed E-state index contributed by atoms with van der Waals surface area (Å²) < 4.78 is 0. The van der Waals surface area contributed by atoms with Crippen LogP contribution in [0.1, 0.15) is 12.5 Å². The Morgan fingerprint density at radius 2 is 2.33 bits per heavy atom. The van der Waals surface area contributed by atoms with E-state index in [0.717, 1.165) is 17.9 Å². The number of aromatic nitrogens is 1. The Morgan fingerprint density at radius 1 is 1.67 bits per heavy atom. The SMILES string of the molecule is Cc1cccnc1N(C)CC(C)C(N)=S. The van der Waals surface area contributed by atoms with Crippen LogP contribution in [0.25, 0.3) is 0 Å². The molecule has 1 atom stereocenters. The van der Waals surface area contributed by atoms with Crippen molar-refractivity contribution < 1.29 is 0 Å². The molecule has 0 amide bonds. The Kier molecular flexibility index (Phi) is 4.03. The number of aryl methyl sites for hydroxylation is 1. The number of pyridine rings is 1. The average Bonchev–Trinajstić information content (AvgIpc) is 2.18. The summed E-state index contributed by atoms with van der Waals surface area (Å²) in [5.41, 5.74) is 6.75. The van der Waals surface area contributed by atoms with Crippen LogP contribution in [0, 0.1) is 12.8 Å². The summed E-state index contributed by atoms with van der Waals surface area (Å²) in [4.78, 5) is 6.97. The van der Waals surface area contributed by atoms with Crippen molar-refractivity contribution in [2.24, 2.45) is 11.7 Å². The third kappa shape index (κ3) is 3.16. The molecule has 0 aromatic carbocycles. The Balaban J connectivity index is 2.73. The molecule has 0 saturated heterocycles. The standard InChI is InChI=1S/C11H17N3S/c1-8-5-4-6-13-11(8)14(3)7-9(2)10(12)15/h4-6,9H,7H2,1-3H3,(H2,12,15). The summed E-state index contributed by atoms with van der Waals surface area (Å²) in [5, 5.41) is 0. The van der Waals surface area contributed by atoms with Gasteiger partial charge in [-0.05, 0) is 18.6 Å². The van der Waals surface area contributed by atoms with Gasteiger partial charge in [0.25, 0.3) is 0 Å². The Bertz CT molecular complexity index is 351. The quantitative estimate of drug-likeness (QED) is 0.790. The maximum Gasteiger partial charge on any atom is 0.131 e. The van der Waals surface area contributed by atoms with Gasteiger partial charge in [0.05, 0.1) is 4.99 Å². The van der Waals surface area contributed by atoms with Crippen LogP contribution >= 0.6 is 12.2 Å². The van der Waals surface area contributed by atoms with E-state index in [1.165, 1.54) is 0 Å². The fourth-order valence-electron chi connectivity index (χ4n) is 1.46. The van der Waals surface area contributed by atoms with E-state index in [-0.39, 0.29) is 5.92 Å². The second kappa shape index (κ2) is 5.07. The largest absolute Gasteiger partial charge is 0.393 e. The van der Waals surface area contributed by atoms with E-state index >= 15 is 0 Å². The topological polar surface area (TPSA) is 42.2 Å². The zero-order valence-corrected chi connectivity index (χ0v) is 10.2. The molecular weight excluding hydrogens is 206 g/mol. The minimum atomic E-state index is 0.200. The second-order valence-electron chi connectivity index (χ2n) is 3.83. The lowest BCUT2D eigenvalue weighted by atomic mass is 10.1. The number of rotatable bonds is 4. The second-order valence-corrected chi connectivity index (χ2v) is 4.30. The molecule has 0 aliphatic rings. The maximum atomic E-state index is 5.58. The van der Waals surface area contributed by atoms with Gasteiger partial charge in [0, 0.05) is 25.7 Å². The van der Waals surface area contributed by atoms with Gasteiger partial charge >= 0.3 is 0 Å². The van der Waals surface area contributed by atoms with Crippen LogP contribution in [-0.2, 0) is 0 Å². The first-order valence-electron chi connectivity index (χ1n) is 4.94. The number of hydrogen-bond acceptors (Lipinski definition) is 3. The normalized spacial score (nSPS) is 12.2. The molecule has 1 unspecified atom stereocenters. The number of thiocarbonyl (C=S) groups is 1. The monoisotopic (exact) mass is 223 g/mol. The third-order valence-corrected chi connectivity index (χ3v) is 2.78. The van der Waals surface area contributed by atoms with E-state index in [9.17, 15) is 0 Å². The third-order valence-electron chi connectivity index (χ3n) is 2.38. The molecule has 0 radical (unpaired) electrons. The first-order valence-corrected chi connectivity index (χ1v) is 5.35. The van der Waals surface area contributed by atoms with Gasteiger partial charge in [-0.3, -0.25) is 0 Å². The summed E-state index contributed by atoms with van der Waals surface area (Å²) in [5.74, 6) is 1.19. The zero-order valence-electron chi connectivity index (χ0n) is 9.40. The number of nitrogens with zero attached hydrogens (tertiary/aromatic N) is 2. The van der Waals surface area contributed by atoms with Crippen LogP contribution < -0.4 is 10.6 Å². The molecule has 3 nitrogen and oxygen atoms in total. The van der Waals surface area contributed by atoms with E-state index in [4.69, 9.17) is 18.0 Å². The molecule has 0 aliphatic heterocycles. The van der Waals surface area contributed by atoms with Crippen molar-refractivity contribution in [3.63, 3.8) is 0 Å². The average molecular weight is 223 g/mol.